The molecular formula is C22H23N3O3. The highest BCUT2D eigenvalue weighted by molar-refractivity contribution is 6.05. The highest BCUT2D eigenvalue weighted by atomic mass is 16.3. The molecule has 2 amide bonds. The van der Waals surface area contributed by atoms with Gasteiger partial charge in [0.1, 0.15) is 11.5 Å². The van der Waals surface area contributed by atoms with Crippen LogP contribution in [0.15, 0.2) is 65.4 Å². The molecule has 0 saturated heterocycles. The smallest absolute Gasteiger partial charge is 0.274 e. The summed E-state index contributed by atoms with van der Waals surface area (Å²) in [7, 11) is 0. The maximum absolute atomic E-state index is 12.7. The molecule has 3 aromatic rings. The molecule has 144 valence electrons. The summed E-state index contributed by atoms with van der Waals surface area (Å²) >= 11 is 0. The summed E-state index contributed by atoms with van der Waals surface area (Å²) < 4.78 is 5.20. The van der Waals surface area contributed by atoms with Crippen molar-refractivity contribution in [3.63, 3.8) is 0 Å². The van der Waals surface area contributed by atoms with Crippen LogP contribution >= 0.6 is 0 Å². The summed E-state index contributed by atoms with van der Waals surface area (Å²) in [6.45, 7) is 6.52. The number of para-hydroxylation sites is 1. The third kappa shape index (κ3) is 4.65. The van der Waals surface area contributed by atoms with Crippen molar-refractivity contribution in [3.8, 4) is 0 Å². The molecular weight excluding hydrogens is 354 g/mol. The monoisotopic (exact) mass is 377 g/mol. The lowest BCUT2D eigenvalue weighted by Crippen LogP contribution is -2.24. The first kappa shape index (κ1) is 19.4. The number of hydrogen-bond acceptors (Lipinski definition) is 4. The largest absolute Gasteiger partial charge is 0.467 e. The molecule has 0 spiro atoms. The van der Waals surface area contributed by atoms with Gasteiger partial charge in [-0.25, -0.2) is 0 Å². The Morgan fingerprint density at radius 1 is 1.04 bits per heavy atom. The van der Waals surface area contributed by atoms with E-state index in [0.29, 0.717) is 11.3 Å². The number of benzene rings is 1. The second-order valence-corrected chi connectivity index (χ2v) is 7.44. The van der Waals surface area contributed by atoms with E-state index in [0.717, 1.165) is 11.3 Å². The Morgan fingerprint density at radius 3 is 2.54 bits per heavy atom. The number of carbonyl (C=O) groups is 2. The Hall–Kier alpha value is -3.41. The molecule has 28 heavy (non-hydrogen) atoms. The zero-order valence-electron chi connectivity index (χ0n) is 16.2. The topological polar surface area (TPSA) is 84.2 Å². The molecule has 6 heteroatoms. The van der Waals surface area contributed by atoms with Crippen molar-refractivity contribution in [1.29, 1.82) is 0 Å². The van der Waals surface area contributed by atoms with Gasteiger partial charge in [-0.2, -0.15) is 0 Å². The predicted octanol–water partition coefficient (Wildman–Crippen LogP) is 4.15. The van der Waals surface area contributed by atoms with Crippen LogP contribution in [0.2, 0.25) is 0 Å². The van der Waals surface area contributed by atoms with Crippen molar-refractivity contribution < 1.29 is 14.0 Å². The molecule has 0 radical (unpaired) electrons. The minimum Gasteiger partial charge on any atom is -0.467 e. The number of hydrogen-bond donors (Lipinski definition) is 2. The van der Waals surface area contributed by atoms with Crippen LogP contribution < -0.4 is 10.6 Å². The van der Waals surface area contributed by atoms with Crippen LogP contribution in [0.25, 0.3) is 0 Å². The van der Waals surface area contributed by atoms with Crippen LogP contribution in [-0.4, -0.2) is 16.8 Å². The Kier molecular flexibility index (Phi) is 5.59. The van der Waals surface area contributed by atoms with Gasteiger partial charge in [-0.15, -0.1) is 0 Å². The van der Waals surface area contributed by atoms with Gasteiger partial charge in [-0.3, -0.25) is 14.6 Å². The van der Waals surface area contributed by atoms with E-state index >= 15 is 0 Å². The summed E-state index contributed by atoms with van der Waals surface area (Å²) in [5.74, 6) is -0.0144. The maximum Gasteiger partial charge on any atom is 0.274 e. The summed E-state index contributed by atoms with van der Waals surface area (Å²) in [4.78, 5) is 29.1. The Labute approximate surface area is 164 Å². The van der Waals surface area contributed by atoms with Gasteiger partial charge >= 0.3 is 0 Å². The second-order valence-electron chi connectivity index (χ2n) is 7.44. The number of nitrogens with one attached hydrogen (secondary N) is 2. The van der Waals surface area contributed by atoms with Gasteiger partial charge < -0.3 is 15.1 Å². The van der Waals surface area contributed by atoms with E-state index in [9.17, 15) is 9.59 Å². The molecule has 0 aliphatic rings. The van der Waals surface area contributed by atoms with Gasteiger partial charge in [-0.1, -0.05) is 39.0 Å². The van der Waals surface area contributed by atoms with Gasteiger partial charge in [0.05, 0.1) is 12.8 Å². The molecule has 2 heterocycles. The number of furan rings is 1. The van der Waals surface area contributed by atoms with Crippen LogP contribution in [0, 0.1) is 0 Å². The van der Waals surface area contributed by atoms with Crippen molar-refractivity contribution in [2.75, 3.05) is 5.32 Å². The average Bonchev–Trinajstić information content (AvgIpc) is 3.19. The highest BCUT2D eigenvalue weighted by Crippen LogP contribution is 2.29. The SMILES string of the molecule is CC(C)(C)c1ccccc1NC(=O)c1cc(C(=O)NCc2ccco2)ccn1. The van der Waals surface area contributed by atoms with Gasteiger partial charge in [0, 0.05) is 17.4 Å². The van der Waals surface area contributed by atoms with E-state index < -0.39 is 0 Å². The van der Waals surface area contributed by atoms with Gasteiger partial charge in [0.25, 0.3) is 11.8 Å². The molecule has 0 atom stereocenters. The van der Waals surface area contributed by atoms with Gasteiger partial charge in [0.2, 0.25) is 0 Å². The number of carbonyl (C=O) groups excluding carboxylic acids is 2. The number of nitrogens with zero attached hydrogens (tertiary/aromatic N) is 1. The Balaban J connectivity index is 1.73. The first-order valence-electron chi connectivity index (χ1n) is 9.02. The van der Waals surface area contributed by atoms with Crippen molar-refractivity contribution in [1.82, 2.24) is 10.3 Å². The molecule has 0 fully saturated rings. The number of amides is 2. The molecule has 1 aromatic carbocycles. The molecule has 0 unspecified atom stereocenters. The fraction of sp³-hybridized carbons (Fsp3) is 0.227. The molecule has 0 bridgehead atoms. The van der Waals surface area contributed by atoms with Crippen LogP contribution in [0.4, 0.5) is 5.69 Å². The minimum atomic E-state index is -0.364. The van der Waals surface area contributed by atoms with Crippen LogP contribution in [0.1, 0.15) is 52.9 Å². The van der Waals surface area contributed by atoms with E-state index in [2.05, 4.69) is 36.4 Å². The van der Waals surface area contributed by atoms with E-state index in [-0.39, 0.29) is 29.5 Å². The zero-order valence-corrected chi connectivity index (χ0v) is 16.2. The van der Waals surface area contributed by atoms with Crippen molar-refractivity contribution in [2.45, 2.75) is 32.7 Å². The third-order valence-corrected chi connectivity index (χ3v) is 4.24. The number of pyridine rings is 1. The number of aromatic nitrogens is 1. The summed E-state index contributed by atoms with van der Waals surface area (Å²) in [6, 6.07) is 14.2. The lowest BCUT2D eigenvalue weighted by Gasteiger charge is -2.22. The molecule has 0 saturated carbocycles. The van der Waals surface area contributed by atoms with E-state index in [1.165, 1.54) is 12.3 Å². The van der Waals surface area contributed by atoms with Crippen LogP contribution in [0.5, 0.6) is 0 Å². The first-order valence-corrected chi connectivity index (χ1v) is 9.02. The van der Waals surface area contributed by atoms with Crippen molar-refractivity contribution in [2.24, 2.45) is 0 Å². The number of rotatable bonds is 5. The fourth-order valence-electron chi connectivity index (χ4n) is 2.81. The highest BCUT2D eigenvalue weighted by Gasteiger charge is 2.19. The molecule has 0 aliphatic heterocycles. The standard InChI is InChI=1S/C22H23N3O3/c1-22(2,3)17-8-4-5-9-18(17)25-21(27)19-13-15(10-11-23-19)20(26)24-14-16-7-6-12-28-16/h4-13H,14H2,1-3H3,(H,24,26)(H,25,27). The lowest BCUT2D eigenvalue weighted by molar-refractivity contribution is 0.0948. The zero-order chi connectivity index (χ0) is 20.1. The maximum atomic E-state index is 12.7. The average molecular weight is 377 g/mol. The lowest BCUT2D eigenvalue weighted by atomic mass is 9.86. The van der Waals surface area contributed by atoms with Crippen molar-refractivity contribution in [3.05, 3.63) is 83.6 Å². The summed E-state index contributed by atoms with van der Waals surface area (Å²) in [5.41, 5.74) is 2.17. The Bertz CT molecular complexity index is 973. The first-order chi connectivity index (χ1) is 13.3. The molecule has 0 aliphatic carbocycles. The molecule has 6 nitrogen and oxygen atoms in total. The summed E-state index contributed by atoms with van der Waals surface area (Å²) in [6.07, 6.45) is 3.00. The molecule has 2 N–H and O–H groups in total. The van der Waals surface area contributed by atoms with Crippen LogP contribution in [0.3, 0.4) is 0 Å². The molecule has 3 rings (SSSR count). The predicted molar refractivity (Wildman–Crippen MR) is 107 cm³/mol. The van der Waals surface area contributed by atoms with Crippen LogP contribution in [-0.2, 0) is 12.0 Å². The van der Waals surface area contributed by atoms with Gasteiger partial charge in [-0.05, 0) is 41.3 Å². The van der Waals surface area contributed by atoms with Crippen molar-refractivity contribution >= 4 is 17.5 Å². The Morgan fingerprint density at radius 2 is 1.82 bits per heavy atom. The number of anilines is 1. The quantitative estimate of drug-likeness (QED) is 0.699. The minimum absolute atomic E-state index is 0.120. The van der Waals surface area contributed by atoms with E-state index in [1.807, 2.05) is 24.3 Å². The molecule has 2 aromatic heterocycles. The normalized spacial score (nSPS) is 11.1. The van der Waals surface area contributed by atoms with Gasteiger partial charge in [0.15, 0.2) is 0 Å². The third-order valence-electron chi connectivity index (χ3n) is 4.24. The summed E-state index contributed by atoms with van der Waals surface area (Å²) in [5, 5.41) is 5.66. The van der Waals surface area contributed by atoms with E-state index in [4.69, 9.17) is 4.42 Å². The second kappa shape index (κ2) is 8.08. The fourth-order valence-corrected chi connectivity index (χ4v) is 2.81. The van der Waals surface area contributed by atoms with E-state index in [1.54, 1.807) is 24.5 Å².